The molecule has 6 heteroatoms. The van der Waals surface area contributed by atoms with Gasteiger partial charge in [-0.15, -0.1) is 0 Å². The second-order valence-corrected chi connectivity index (χ2v) is 7.24. The number of nitrogens with zero attached hydrogens (tertiary/aromatic N) is 2. The van der Waals surface area contributed by atoms with E-state index in [1.54, 1.807) is 0 Å². The zero-order valence-corrected chi connectivity index (χ0v) is 16.3. The molecule has 2 aromatic carbocycles. The summed E-state index contributed by atoms with van der Waals surface area (Å²) in [7, 11) is 0. The van der Waals surface area contributed by atoms with Gasteiger partial charge in [0.05, 0.1) is 12.5 Å². The fourth-order valence-corrected chi connectivity index (χ4v) is 3.46. The van der Waals surface area contributed by atoms with Gasteiger partial charge in [0.25, 0.3) is 0 Å². The van der Waals surface area contributed by atoms with Crippen molar-refractivity contribution in [2.45, 2.75) is 13.0 Å². The van der Waals surface area contributed by atoms with Crippen molar-refractivity contribution in [2.24, 2.45) is 11.7 Å². The zero-order valence-electron chi connectivity index (χ0n) is 16.3. The molecule has 2 unspecified atom stereocenters. The van der Waals surface area contributed by atoms with Crippen LogP contribution >= 0.6 is 0 Å². The van der Waals surface area contributed by atoms with Crippen molar-refractivity contribution in [2.75, 3.05) is 38.0 Å². The van der Waals surface area contributed by atoms with Crippen LogP contribution in [0.25, 0.3) is 0 Å². The highest BCUT2D eigenvalue weighted by molar-refractivity contribution is 5.92. The van der Waals surface area contributed by atoms with Gasteiger partial charge < -0.3 is 16.0 Å². The summed E-state index contributed by atoms with van der Waals surface area (Å²) < 4.78 is 0. The minimum atomic E-state index is -0.316. The maximum absolute atomic E-state index is 12.8. The first-order valence-electron chi connectivity index (χ1n) is 9.71. The molecule has 1 aliphatic rings. The van der Waals surface area contributed by atoms with Gasteiger partial charge in [-0.3, -0.25) is 14.5 Å². The van der Waals surface area contributed by atoms with E-state index < -0.39 is 0 Å². The number of nitrogens with one attached hydrogen (secondary N) is 1. The highest BCUT2D eigenvalue weighted by atomic mass is 16.2. The molecule has 28 heavy (non-hydrogen) atoms. The highest BCUT2D eigenvalue weighted by Gasteiger charge is 2.29. The van der Waals surface area contributed by atoms with Gasteiger partial charge in [0.15, 0.2) is 0 Å². The Morgan fingerprint density at radius 3 is 2.14 bits per heavy atom. The molecular formula is C22H28N4O2. The summed E-state index contributed by atoms with van der Waals surface area (Å²) >= 11 is 0. The van der Waals surface area contributed by atoms with Crippen molar-refractivity contribution in [3.63, 3.8) is 0 Å². The van der Waals surface area contributed by atoms with Crippen LogP contribution in [0.15, 0.2) is 60.7 Å². The van der Waals surface area contributed by atoms with Crippen molar-refractivity contribution < 1.29 is 9.59 Å². The van der Waals surface area contributed by atoms with Crippen LogP contribution < -0.4 is 11.1 Å². The maximum Gasteiger partial charge on any atom is 0.238 e. The van der Waals surface area contributed by atoms with E-state index in [1.165, 1.54) is 0 Å². The summed E-state index contributed by atoms with van der Waals surface area (Å²) in [5.74, 6) is -0.245. The topological polar surface area (TPSA) is 78.7 Å². The third kappa shape index (κ3) is 5.18. The van der Waals surface area contributed by atoms with Gasteiger partial charge in [-0.05, 0) is 17.7 Å². The molecule has 0 radical (unpaired) electrons. The van der Waals surface area contributed by atoms with Crippen LogP contribution in [0.2, 0.25) is 0 Å². The molecular weight excluding hydrogens is 352 g/mol. The van der Waals surface area contributed by atoms with E-state index in [-0.39, 0.29) is 23.8 Å². The van der Waals surface area contributed by atoms with Crippen LogP contribution in [-0.2, 0) is 9.59 Å². The minimum absolute atomic E-state index is 0.0366. The lowest BCUT2D eigenvalue weighted by atomic mass is 9.94. The van der Waals surface area contributed by atoms with Crippen LogP contribution in [0, 0.1) is 5.92 Å². The van der Waals surface area contributed by atoms with Gasteiger partial charge in [-0.1, -0.05) is 55.5 Å². The molecule has 148 valence electrons. The van der Waals surface area contributed by atoms with E-state index in [0.29, 0.717) is 32.7 Å². The monoisotopic (exact) mass is 380 g/mol. The third-order valence-electron chi connectivity index (χ3n) is 5.22. The number of hydrogen-bond donors (Lipinski definition) is 2. The van der Waals surface area contributed by atoms with Crippen molar-refractivity contribution >= 4 is 17.5 Å². The van der Waals surface area contributed by atoms with E-state index in [9.17, 15) is 9.59 Å². The molecule has 2 atom stereocenters. The lowest BCUT2D eigenvalue weighted by Gasteiger charge is -2.36. The van der Waals surface area contributed by atoms with Gasteiger partial charge in [0.1, 0.15) is 0 Å². The summed E-state index contributed by atoms with van der Waals surface area (Å²) in [6.45, 7) is 4.81. The summed E-state index contributed by atoms with van der Waals surface area (Å²) in [5.41, 5.74) is 8.07. The average molecular weight is 380 g/mol. The molecule has 3 rings (SSSR count). The van der Waals surface area contributed by atoms with Crippen molar-refractivity contribution in [3.8, 4) is 0 Å². The van der Waals surface area contributed by atoms with Crippen LogP contribution in [0.4, 0.5) is 5.69 Å². The number of para-hydroxylation sites is 1. The molecule has 1 saturated heterocycles. The van der Waals surface area contributed by atoms with E-state index >= 15 is 0 Å². The number of carbonyl (C=O) groups is 2. The number of benzene rings is 2. The molecule has 1 aliphatic heterocycles. The Morgan fingerprint density at radius 1 is 0.964 bits per heavy atom. The van der Waals surface area contributed by atoms with Gasteiger partial charge >= 0.3 is 0 Å². The predicted molar refractivity (Wildman–Crippen MR) is 111 cm³/mol. The molecule has 2 aromatic rings. The Kier molecular flexibility index (Phi) is 6.79. The Balaban J connectivity index is 1.46. The number of nitrogens with two attached hydrogens (primary N) is 1. The van der Waals surface area contributed by atoms with Gasteiger partial charge in [-0.25, -0.2) is 0 Å². The largest absolute Gasteiger partial charge is 0.340 e. The Bertz CT molecular complexity index is 774. The van der Waals surface area contributed by atoms with Gasteiger partial charge in [-0.2, -0.15) is 0 Å². The quantitative estimate of drug-likeness (QED) is 0.805. The first-order valence-corrected chi connectivity index (χ1v) is 9.71. The van der Waals surface area contributed by atoms with Crippen LogP contribution in [-0.4, -0.2) is 54.3 Å². The highest BCUT2D eigenvalue weighted by Crippen LogP contribution is 2.21. The fourth-order valence-electron chi connectivity index (χ4n) is 3.46. The van der Waals surface area contributed by atoms with E-state index in [4.69, 9.17) is 5.73 Å². The lowest BCUT2D eigenvalue weighted by Crippen LogP contribution is -2.52. The predicted octanol–water partition coefficient (Wildman–Crippen LogP) is 2.11. The zero-order chi connectivity index (χ0) is 19.9. The maximum atomic E-state index is 12.8. The smallest absolute Gasteiger partial charge is 0.238 e. The average Bonchev–Trinajstić information content (AvgIpc) is 2.74. The van der Waals surface area contributed by atoms with E-state index in [1.807, 2.05) is 72.5 Å². The summed E-state index contributed by atoms with van der Waals surface area (Å²) in [5, 5.41) is 2.90. The van der Waals surface area contributed by atoms with Crippen LogP contribution in [0.5, 0.6) is 0 Å². The van der Waals surface area contributed by atoms with Gasteiger partial charge in [0.2, 0.25) is 11.8 Å². The molecule has 1 fully saturated rings. The third-order valence-corrected chi connectivity index (χ3v) is 5.22. The molecule has 0 bridgehead atoms. The van der Waals surface area contributed by atoms with Crippen molar-refractivity contribution in [3.05, 3.63) is 66.2 Å². The first-order chi connectivity index (χ1) is 13.5. The molecule has 0 spiro atoms. The molecule has 3 N–H and O–H groups in total. The van der Waals surface area contributed by atoms with E-state index in [2.05, 4.69) is 10.2 Å². The Hall–Kier alpha value is -2.70. The number of rotatable bonds is 6. The SMILES string of the molecule is CC(C(=O)N1CCN(CC(=O)Nc2ccccc2)CC1)C(N)c1ccccc1. The molecule has 0 aromatic heterocycles. The van der Waals surface area contributed by atoms with Crippen molar-refractivity contribution in [1.82, 2.24) is 9.80 Å². The standard InChI is InChI=1S/C22H28N4O2/c1-17(21(23)18-8-4-2-5-9-18)22(28)26-14-12-25(13-15-26)16-20(27)24-19-10-6-3-7-11-19/h2-11,17,21H,12-16,23H2,1H3,(H,24,27). The number of carbonyl (C=O) groups excluding carboxylic acids is 2. The number of piperazine rings is 1. The molecule has 1 heterocycles. The Morgan fingerprint density at radius 2 is 1.54 bits per heavy atom. The Labute approximate surface area is 166 Å². The minimum Gasteiger partial charge on any atom is -0.340 e. The second kappa shape index (κ2) is 9.48. The van der Waals surface area contributed by atoms with Gasteiger partial charge in [0, 0.05) is 37.9 Å². The molecule has 0 saturated carbocycles. The first kappa shape index (κ1) is 20.0. The lowest BCUT2D eigenvalue weighted by molar-refractivity contribution is -0.137. The van der Waals surface area contributed by atoms with E-state index in [0.717, 1.165) is 11.3 Å². The molecule has 6 nitrogen and oxygen atoms in total. The molecule has 2 amide bonds. The number of hydrogen-bond acceptors (Lipinski definition) is 4. The summed E-state index contributed by atoms with van der Waals surface area (Å²) in [4.78, 5) is 29.0. The summed E-state index contributed by atoms with van der Waals surface area (Å²) in [6, 6.07) is 18.8. The number of anilines is 1. The molecule has 0 aliphatic carbocycles. The fraction of sp³-hybridized carbons (Fsp3) is 0.364. The second-order valence-electron chi connectivity index (χ2n) is 7.24. The number of amides is 2. The normalized spacial score (nSPS) is 17.0. The van der Waals surface area contributed by atoms with Crippen LogP contribution in [0.3, 0.4) is 0 Å². The summed E-state index contributed by atoms with van der Waals surface area (Å²) in [6.07, 6.45) is 0. The van der Waals surface area contributed by atoms with Crippen molar-refractivity contribution in [1.29, 1.82) is 0 Å². The van der Waals surface area contributed by atoms with Crippen LogP contribution in [0.1, 0.15) is 18.5 Å².